The van der Waals surface area contributed by atoms with Gasteiger partial charge in [-0.1, -0.05) is 84.0 Å². The number of aromatic nitrogens is 1. The Morgan fingerprint density at radius 2 is 1.25 bits per heavy atom. The van der Waals surface area contributed by atoms with Crippen LogP contribution in [-0.2, 0) is 17.9 Å². The van der Waals surface area contributed by atoms with Gasteiger partial charge in [-0.2, -0.15) is 4.57 Å². The molecule has 4 rings (SSSR count). The first-order chi connectivity index (χ1) is 14.9. The Hall–Kier alpha value is -2.93. The molecule has 0 saturated carbocycles. The molecular weight excluding hydrogens is 386 g/mol. The summed E-state index contributed by atoms with van der Waals surface area (Å²) in [6.07, 6.45) is 0. The Labute approximate surface area is 193 Å². The number of para-hydroxylation sites is 1. The summed E-state index contributed by atoms with van der Waals surface area (Å²) < 4.78 is 2.31. The van der Waals surface area contributed by atoms with Crippen LogP contribution < -0.4 is 4.57 Å². The minimum atomic E-state index is 0.105. The second kappa shape index (κ2) is 7.89. The summed E-state index contributed by atoms with van der Waals surface area (Å²) in [6.45, 7) is 16.0. The number of nitrogens with zero attached hydrogens (tertiary/aromatic N) is 1. The predicted octanol–water partition coefficient (Wildman–Crippen LogP) is 7.90. The largest absolute Gasteiger partial charge is 0.213 e. The third-order valence-electron chi connectivity index (χ3n) is 6.59. The van der Waals surface area contributed by atoms with Crippen molar-refractivity contribution in [1.29, 1.82) is 0 Å². The number of hydrogen-bond donors (Lipinski definition) is 0. The van der Waals surface area contributed by atoms with E-state index in [-0.39, 0.29) is 10.8 Å². The quantitative estimate of drug-likeness (QED) is 0.289. The average Bonchev–Trinajstić information content (AvgIpc) is 2.73. The van der Waals surface area contributed by atoms with Crippen LogP contribution in [-0.4, -0.2) is 0 Å². The molecule has 164 valence electrons. The fourth-order valence-electron chi connectivity index (χ4n) is 4.35. The van der Waals surface area contributed by atoms with E-state index in [9.17, 15) is 0 Å². The standard InChI is InChI=1S/C31H36N/c1-21-13-14-23(24-17-25(30(2,3)4)20-26(18-24)31(5,6)7)19-27(21)29-16-15-22-11-9-10-12-28(22)32(29)8/h9-20H,1-8H3/q+1. The van der Waals surface area contributed by atoms with Crippen molar-refractivity contribution in [1.82, 2.24) is 0 Å². The van der Waals surface area contributed by atoms with Gasteiger partial charge < -0.3 is 0 Å². The van der Waals surface area contributed by atoms with E-state index >= 15 is 0 Å². The lowest BCUT2D eigenvalue weighted by Crippen LogP contribution is -2.32. The number of hydrogen-bond acceptors (Lipinski definition) is 0. The van der Waals surface area contributed by atoms with Gasteiger partial charge in [-0.25, -0.2) is 0 Å². The van der Waals surface area contributed by atoms with Crippen molar-refractivity contribution in [2.75, 3.05) is 0 Å². The van der Waals surface area contributed by atoms with Gasteiger partial charge in [0.15, 0.2) is 0 Å². The van der Waals surface area contributed by atoms with E-state index in [1.165, 1.54) is 50.0 Å². The lowest BCUT2D eigenvalue weighted by molar-refractivity contribution is -0.633. The molecule has 32 heavy (non-hydrogen) atoms. The Morgan fingerprint density at radius 3 is 1.88 bits per heavy atom. The SMILES string of the molecule is Cc1ccc(-c2cc(C(C)(C)C)cc(C(C)(C)C)c2)cc1-c1ccc2ccccc2[n+]1C. The Morgan fingerprint density at radius 1 is 0.625 bits per heavy atom. The molecule has 0 spiro atoms. The summed E-state index contributed by atoms with van der Waals surface area (Å²) >= 11 is 0. The van der Waals surface area contributed by atoms with Crippen LogP contribution in [0.5, 0.6) is 0 Å². The summed E-state index contributed by atoms with van der Waals surface area (Å²) in [6, 6.07) is 27.1. The van der Waals surface area contributed by atoms with Gasteiger partial charge in [0.2, 0.25) is 11.2 Å². The highest BCUT2D eigenvalue weighted by Crippen LogP contribution is 2.35. The number of aryl methyl sites for hydroxylation is 2. The predicted molar refractivity (Wildman–Crippen MR) is 138 cm³/mol. The second-order valence-corrected chi connectivity index (χ2v) is 11.2. The zero-order valence-electron chi connectivity index (χ0n) is 20.9. The molecule has 0 aliphatic rings. The topological polar surface area (TPSA) is 3.88 Å². The van der Waals surface area contributed by atoms with Crippen molar-refractivity contribution < 1.29 is 4.57 Å². The minimum absolute atomic E-state index is 0.105. The third-order valence-corrected chi connectivity index (χ3v) is 6.59. The fourth-order valence-corrected chi connectivity index (χ4v) is 4.35. The van der Waals surface area contributed by atoms with E-state index in [0.717, 1.165) is 0 Å². The molecule has 3 aromatic carbocycles. The van der Waals surface area contributed by atoms with E-state index in [1.807, 2.05) is 0 Å². The van der Waals surface area contributed by atoms with Crippen LogP contribution in [0.25, 0.3) is 33.3 Å². The molecule has 1 heterocycles. The highest BCUT2D eigenvalue weighted by Gasteiger charge is 2.22. The van der Waals surface area contributed by atoms with Crippen LogP contribution in [0.15, 0.2) is 72.8 Å². The first-order valence-electron chi connectivity index (χ1n) is 11.6. The van der Waals surface area contributed by atoms with Crippen LogP contribution >= 0.6 is 0 Å². The molecule has 0 amide bonds. The smallest absolute Gasteiger partial charge is 0.194 e. The minimum Gasteiger partial charge on any atom is -0.194 e. The van der Waals surface area contributed by atoms with Gasteiger partial charge in [0.05, 0.1) is 0 Å². The van der Waals surface area contributed by atoms with Gasteiger partial charge in [-0.05, 0) is 63.8 Å². The maximum atomic E-state index is 2.39. The number of benzene rings is 3. The molecule has 0 aliphatic carbocycles. The summed E-state index contributed by atoms with van der Waals surface area (Å²) in [4.78, 5) is 0. The average molecular weight is 423 g/mol. The van der Waals surface area contributed by atoms with Crippen molar-refractivity contribution in [3.8, 4) is 22.4 Å². The molecule has 0 atom stereocenters. The Kier molecular flexibility index (Phi) is 5.49. The molecule has 0 bridgehead atoms. The molecule has 1 aromatic heterocycles. The number of fused-ring (bicyclic) bond motifs is 1. The van der Waals surface area contributed by atoms with E-state index in [2.05, 4.69) is 133 Å². The molecule has 0 saturated heterocycles. The van der Waals surface area contributed by atoms with Gasteiger partial charge in [-0.15, -0.1) is 0 Å². The van der Waals surface area contributed by atoms with Gasteiger partial charge in [0.1, 0.15) is 7.05 Å². The van der Waals surface area contributed by atoms with Gasteiger partial charge >= 0.3 is 0 Å². The first kappa shape index (κ1) is 22.3. The van der Waals surface area contributed by atoms with Crippen LogP contribution in [0.4, 0.5) is 0 Å². The first-order valence-corrected chi connectivity index (χ1v) is 11.6. The van der Waals surface area contributed by atoms with Gasteiger partial charge in [0, 0.05) is 23.1 Å². The lowest BCUT2D eigenvalue weighted by Gasteiger charge is -2.26. The molecule has 0 aliphatic heterocycles. The van der Waals surface area contributed by atoms with E-state index in [4.69, 9.17) is 0 Å². The van der Waals surface area contributed by atoms with E-state index in [1.54, 1.807) is 0 Å². The summed E-state index contributed by atoms with van der Waals surface area (Å²) in [5.74, 6) is 0. The van der Waals surface area contributed by atoms with Crippen molar-refractivity contribution in [3.63, 3.8) is 0 Å². The number of pyridine rings is 1. The maximum Gasteiger partial charge on any atom is 0.213 e. The molecule has 0 radical (unpaired) electrons. The highest BCUT2D eigenvalue weighted by molar-refractivity contribution is 5.79. The van der Waals surface area contributed by atoms with Crippen molar-refractivity contribution in [2.45, 2.75) is 59.3 Å². The van der Waals surface area contributed by atoms with Crippen LogP contribution in [0.3, 0.4) is 0 Å². The third kappa shape index (κ3) is 4.21. The van der Waals surface area contributed by atoms with E-state index in [0.29, 0.717) is 0 Å². The second-order valence-electron chi connectivity index (χ2n) is 11.2. The van der Waals surface area contributed by atoms with Crippen molar-refractivity contribution >= 4 is 10.9 Å². The van der Waals surface area contributed by atoms with Crippen molar-refractivity contribution in [3.05, 3.63) is 89.5 Å². The zero-order valence-corrected chi connectivity index (χ0v) is 20.9. The highest BCUT2D eigenvalue weighted by atomic mass is 14.9. The monoisotopic (exact) mass is 422 g/mol. The Balaban J connectivity index is 1.92. The fraction of sp³-hybridized carbons (Fsp3) is 0.323. The molecular formula is C31H36N+. The van der Waals surface area contributed by atoms with Crippen LogP contribution in [0.2, 0.25) is 0 Å². The van der Waals surface area contributed by atoms with Crippen molar-refractivity contribution in [2.24, 2.45) is 7.05 Å². The molecule has 0 N–H and O–H groups in total. The molecule has 1 nitrogen and oxygen atoms in total. The van der Waals surface area contributed by atoms with Crippen LogP contribution in [0, 0.1) is 6.92 Å². The maximum absolute atomic E-state index is 2.39. The molecule has 0 unspecified atom stereocenters. The van der Waals surface area contributed by atoms with Gasteiger partial charge in [-0.3, -0.25) is 0 Å². The zero-order chi connectivity index (χ0) is 23.3. The molecule has 1 heteroatoms. The van der Waals surface area contributed by atoms with E-state index < -0.39 is 0 Å². The lowest BCUT2D eigenvalue weighted by atomic mass is 9.78. The summed E-state index contributed by atoms with van der Waals surface area (Å²) in [5, 5.41) is 1.26. The number of rotatable bonds is 2. The molecule has 4 aromatic rings. The van der Waals surface area contributed by atoms with Gasteiger partial charge in [0.25, 0.3) is 0 Å². The normalized spacial score (nSPS) is 12.4. The molecule has 0 fully saturated rings. The van der Waals surface area contributed by atoms with Crippen LogP contribution in [0.1, 0.15) is 58.2 Å². The summed E-state index contributed by atoms with van der Waals surface area (Å²) in [5.41, 5.74) is 10.6. The Bertz CT molecular complexity index is 1260. The summed E-state index contributed by atoms with van der Waals surface area (Å²) in [7, 11) is 2.17.